The quantitative estimate of drug-likeness (QED) is 0.629. The summed E-state index contributed by atoms with van der Waals surface area (Å²) in [6.45, 7) is 8.46. The van der Waals surface area contributed by atoms with Gasteiger partial charge in [-0.3, -0.25) is 0 Å². The summed E-state index contributed by atoms with van der Waals surface area (Å²) < 4.78 is 0. The summed E-state index contributed by atoms with van der Waals surface area (Å²) in [4.78, 5) is 2.08. The molecule has 0 spiro atoms. The zero-order valence-electron chi connectivity index (χ0n) is 8.76. The normalized spacial score (nSPS) is 18.6. The van der Waals surface area contributed by atoms with Gasteiger partial charge in [0.1, 0.15) is 0 Å². The van der Waals surface area contributed by atoms with Gasteiger partial charge in [-0.25, -0.2) is 0 Å². The number of nitrogens with zero attached hydrogens (tertiary/aromatic N) is 1. The highest BCUT2D eigenvalue weighted by Crippen LogP contribution is 2.48. The Morgan fingerprint density at radius 2 is 2.00 bits per heavy atom. The summed E-state index contributed by atoms with van der Waals surface area (Å²) in [6, 6.07) is 6.04. The van der Waals surface area contributed by atoms with Crippen LogP contribution in [0.2, 0.25) is 5.02 Å². The molecule has 1 aliphatic rings. The number of hydrogen-bond acceptors (Lipinski definition) is 1. The van der Waals surface area contributed by atoms with Gasteiger partial charge < -0.3 is 4.90 Å². The van der Waals surface area contributed by atoms with Gasteiger partial charge in [0.05, 0.1) is 10.7 Å². The molecular formula is C12H14ClN. The second-order valence-electron chi connectivity index (χ2n) is 4.27. The molecule has 0 aromatic heterocycles. The van der Waals surface area contributed by atoms with Gasteiger partial charge in [-0.2, -0.15) is 0 Å². The van der Waals surface area contributed by atoms with Crippen LogP contribution in [0.25, 0.3) is 0 Å². The number of rotatable bonds is 0. The molecule has 0 atom stereocenters. The van der Waals surface area contributed by atoms with Crippen LogP contribution in [0, 0.1) is 0 Å². The van der Waals surface area contributed by atoms with Crippen molar-refractivity contribution in [2.75, 3.05) is 11.9 Å². The molecule has 2 heteroatoms. The highest BCUT2D eigenvalue weighted by Gasteiger charge is 2.38. The monoisotopic (exact) mass is 207 g/mol. The van der Waals surface area contributed by atoms with E-state index in [0.29, 0.717) is 0 Å². The molecular weight excluding hydrogens is 194 g/mol. The lowest BCUT2D eigenvalue weighted by molar-refractivity contribution is 0.643. The van der Waals surface area contributed by atoms with Crippen LogP contribution in [0.15, 0.2) is 30.5 Å². The van der Waals surface area contributed by atoms with E-state index in [-0.39, 0.29) is 5.41 Å². The molecule has 74 valence electrons. The lowest BCUT2D eigenvalue weighted by Crippen LogP contribution is -2.21. The summed E-state index contributed by atoms with van der Waals surface area (Å²) in [5.41, 5.74) is 3.46. The van der Waals surface area contributed by atoms with Crippen LogP contribution in [0.1, 0.15) is 19.4 Å². The molecule has 0 aliphatic carbocycles. The van der Waals surface area contributed by atoms with Crippen molar-refractivity contribution in [3.63, 3.8) is 0 Å². The summed E-state index contributed by atoms with van der Waals surface area (Å²) in [7, 11) is 2.02. The number of likely N-dealkylation sites (N-methyl/N-ethyl adjacent to an activating group) is 1. The van der Waals surface area contributed by atoms with E-state index >= 15 is 0 Å². The Morgan fingerprint density at radius 1 is 1.36 bits per heavy atom. The SMILES string of the molecule is C=C1N(C)c2c(Cl)cccc2C1(C)C. The molecule has 1 heterocycles. The maximum atomic E-state index is 6.17. The van der Waals surface area contributed by atoms with E-state index in [1.54, 1.807) is 0 Å². The minimum atomic E-state index is -0.00498. The Morgan fingerprint density at radius 3 is 2.57 bits per heavy atom. The summed E-state index contributed by atoms with van der Waals surface area (Å²) >= 11 is 6.17. The van der Waals surface area contributed by atoms with Gasteiger partial charge in [0, 0.05) is 18.2 Å². The van der Waals surface area contributed by atoms with Gasteiger partial charge in [-0.05, 0) is 11.6 Å². The Labute approximate surface area is 90.0 Å². The highest BCUT2D eigenvalue weighted by atomic mass is 35.5. The van der Waals surface area contributed by atoms with Gasteiger partial charge in [-0.15, -0.1) is 0 Å². The summed E-state index contributed by atoms with van der Waals surface area (Å²) in [6.07, 6.45) is 0. The molecule has 2 rings (SSSR count). The molecule has 0 saturated heterocycles. The first-order chi connectivity index (χ1) is 6.46. The second kappa shape index (κ2) is 2.77. The van der Waals surface area contributed by atoms with Crippen LogP contribution < -0.4 is 4.90 Å². The van der Waals surface area contributed by atoms with Crippen molar-refractivity contribution in [2.45, 2.75) is 19.3 Å². The third-order valence-electron chi connectivity index (χ3n) is 3.12. The number of halogens is 1. The average molecular weight is 208 g/mol. The van der Waals surface area contributed by atoms with Crippen molar-refractivity contribution in [1.29, 1.82) is 0 Å². The van der Waals surface area contributed by atoms with Crippen molar-refractivity contribution < 1.29 is 0 Å². The lowest BCUT2D eigenvalue weighted by atomic mass is 9.84. The van der Waals surface area contributed by atoms with E-state index in [4.69, 9.17) is 11.6 Å². The van der Waals surface area contributed by atoms with E-state index < -0.39 is 0 Å². The third kappa shape index (κ3) is 1.02. The zero-order valence-corrected chi connectivity index (χ0v) is 9.52. The Balaban J connectivity index is 2.74. The molecule has 0 unspecified atom stereocenters. The van der Waals surface area contributed by atoms with Crippen LogP contribution >= 0.6 is 11.6 Å². The van der Waals surface area contributed by atoms with E-state index in [9.17, 15) is 0 Å². The fraction of sp³-hybridized carbons (Fsp3) is 0.333. The van der Waals surface area contributed by atoms with E-state index in [1.807, 2.05) is 19.2 Å². The van der Waals surface area contributed by atoms with Crippen LogP contribution in [-0.4, -0.2) is 7.05 Å². The number of fused-ring (bicyclic) bond motifs is 1. The molecule has 0 fully saturated rings. The average Bonchev–Trinajstić information content (AvgIpc) is 2.30. The Kier molecular flexibility index (Phi) is 1.90. The molecule has 0 N–H and O–H groups in total. The third-order valence-corrected chi connectivity index (χ3v) is 3.43. The summed E-state index contributed by atoms with van der Waals surface area (Å²) in [5.74, 6) is 0. The Bertz CT molecular complexity index is 407. The topological polar surface area (TPSA) is 3.24 Å². The van der Waals surface area contributed by atoms with Crippen molar-refractivity contribution in [2.24, 2.45) is 0 Å². The molecule has 1 aliphatic heterocycles. The predicted octanol–water partition coefficient (Wildman–Crippen LogP) is 3.58. The van der Waals surface area contributed by atoms with Crippen LogP contribution in [0.4, 0.5) is 5.69 Å². The molecule has 0 amide bonds. The maximum Gasteiger partial charge on any atom is 0.0646 e. The van der Waals surface area contributed by atoms with Crippen LogP contribution in [-0.2, 0) is 5.41 Å². The van der Waals surface area contributed by atoms with Gasteiger partial charge in [0.15, 0.2) is 0 Å². The van der Waals surface area contributed by atoms with Crippen molar-refractivity contribution >= 4 is 17.3 Å². The molecule has 1 aromatic carbocycles. The smallest absolute Gasteiger partial charge is 0.0646 e. The van der Waals surface area contributed by atoms with E-state index in [0.717, 1.165) is 16.4 Å². The van der Waals surface area contributed by atoms with Gasteiger partial charge in [0.25, 0.3) is 0 Å². The Hall–Kier alpha value is -0.950. The predicted molar refractivity (Wildman–Crippen MR) is 62.0 cm³/mol. The van der Waals surface area contributed by atoms with E-state index in [1.165, 1.54) is 5.56 Å². The van der Waals surface area contributed by atoms with Gasteiger partial charge >= 0.3 is 0 Å². The van der Waals surface area contributed by atoms with Gasteiger partial charge in [-0.1, -0.05) is 44.2 Å². The minimum absolute atomic E-state index is 0.00498. The molecule has 0 bridgehead atoms. The number of para-hydroxylation sites is 1. The van der Waals surface area contributed by atoms with Gasteiger partial charge in [0.2, 0.25) is 0 Å². The van der Waals surface area contributed by atoms with Crippen LogP contribution in [0.5, 0.6) is 0 Å². The van der Waals surface area contributed by atoms with Crippen molar-refractivity contribution in [3.05, 3.63) is 41.1 Å². The minimum Gasteiger partial charge on any atom is -0.346 e. The highest BCUT2D eigenvalue weighted by molar-refractivity contribution is 6.33. The first kappa shape index (κ1) is 9.60. The molecule has 1 aromatic rings. The molecule has 0 radical (unpaired) electrons. The molecule has 0 saturated carbocycles. The van der Waals surface area contributed by atoms with Crippen molar-refractivity contribution in [1.82, 2.24) is 0 Å². The second-order valence-corrected chi connectivity index (χ2v) is 4.67. The lowest BCUT2D eigenvalue weighted by Gasteiger charge is -2.22. The number of anilines is 1. The standard InChI is InChI=1S/C12H14ClN/c1-8-12(2,3)9-6-5-7-10(13)11(9)14(8)4/h5-7H,1H2,2-4H3. The molecule has 1 nitrogen and oxygen atoms in total. The maximum absolute atomic E-state index is 6.17. The largest absolute Gasteiger partial charge is 0.346 e. The van der Waals surface area contributed by atoms with E-state index in [2.05, 4.69) is 31.4 Å². The number of benzene rings is 1. The number of hydrogen-bond donors (Lipinski definition) is 0. The van der Waals surface area contributed by atoms with Crippen LogP contribution in [0.3, 0.4) is 0 Å². The fourth-order valence-electron chi connectivity index (χ4n) is 2.07. The first-order valence-corrected chi connectivity index (χ1v) is 5.06. The fourth-order valence-corrected chi connectivity index (χ4v) is 2.37. The first-order valence-electron chi connectivity index (χ1n) is 4.68. The molecule has 14 heavy (non-hydrogen) atoms. The zero-order chi connectivity index (χ0) is 10.5. The number of allylic oxidation sites excluding steroid dienone is 1. The summed E-state index contributed by atoms with van der Waals surface area (Å²) in [5, 5.41) is 0.803. The van der Waals surface area contributed by atoms with Crippen molar-refractivity contribution in [3.8, 4) is 0 Å².